The van der Waals surface area contributed by atoms with Gasteiger partial charge in [-0.3, -0.25) is 9.89 Å². The summed E-state index contributed by atoms with van der Waals surface area (Å²) in [4.78, 5) is 19.5. The van der Waals surface area contributed by atoms with E-state index in [-0.39, 0.29) is 17.7 Å². The third-order valence-electron chi connectivity index (χ3n) is 4.96. The van der Waals surface area contributed by atoms with Crippen LogP contribution in [0.25, 0.3) is 11.3 Å². The molecular weight excluding hydrogens is 342 g/mol. The normalized spacial score (nSPS) is 17.4. The zero-order valence-electron chi connectivity index (χ0n) is 15.6. The summed E-state index contributed by atoms with van der Waals surface area (Å²) in [6.45, 7) is 5.38. The molecule has 0 unspecified atom stereocenters. The van der Waals surface area contributed by atoms with Crippen LogP contribution >= 0.6 is 0 Å². The molecule has 0 spiro atoms. The lowest BCUT2D eigenvalue weighted by molar-refractivity contribution is 0.0696. The Morgan fingerprint density at radius 2 is 2.11 bits per heavy atom. The maximum atomic E-state index is 13.1. The Labute approximate surface area is 157 Å². The minimum atomic E-state index is -0.0177. The zero-order valence-corrected chi connectivity index (χ0v) is 15.6. The SMILES string of the molecule is CC(C)c1noc([C@H]2CCCN(C(=O)c3cn[nH]c3-c3ccccc3)C2)n1. The highest BCUT2D eigenvalue weighted by molar-refractivity contribution is 5.99. The number of aromatic nitrogens is 4. The molecule has 1 saturated heterocycles. The minimum absolute atomic E-state index is 0.0177. The number of carbonyl (C=O) groups is 1. The molecule has 4 rings (SSSR count). The molecule has 1 N–H and O–H groups in total. The molecule has 2 aromatic heterocycles. The molecule has 3 aromatic rings. The van der Waals surface area contributed by atoms with Crippen molar-refractivity contribution < 1.29 is 9.32 Å². The van der Waals surface area contributed by atoms with Gasteiger partial charge in [-0.1, -0.05) is 49.3 Å². The fourth-order valence-corrected chi connectivity index (χ4v) is 3.45. The number of aromatic amines is 1. The van der Waals surface area contributed by atoms with E-state index < -0.39 is 0 Å². The average Bonchev–Trinajstić information content (AvgIpc) is 3.38. The van der Waals surface area contributed by atoms with Crippen LogP contribution in [-0.4, -0.2) is 44.2 Å². The molecule has 1 fully saturated rings. The molecule has 1 amide bonds. The largest absolute Gasteiger partial charge is 0.339 e. The number of hydrogen-bond acceptors (Lipinski definition) is 5. The van der Waals surface area contributed by atoms with Crippen molar-refractivity contribution in [2.75, 3.05) is 13.1 Å². The van der Waals surface area contributed by atoms with Crippen LogP contribution in [0.1, 0.15) is 60.6 Å². The maximum absolute atomic E-state index is 13.1. The summed E-state index contributed by atoms with van der Waals surface area (Å²) in [5, 5.41) is 11.1. The average molecular weight is 365 g/mol. The van der Waals surface area contributed by atoms with E-state index in [4.69, 9.17) is 4.52 Å². The van der Waals surface area contributed by atoms with E-state index in [1.54, 1.807) is 6.20 Å². The van der Waals surface area contributed by atoms with Crippen LogP contribution in [0.5, 0.6) is 0 Å². The van der Waals surface area contributed by atoms with E-state index in [1.165, 1.54) is 0 Å². The van der Waals surface area contributed by atoms with Crippen molar-refractivity contribution in [1.82, 2.24) is 25.2 Å². The van der Waals surface area contributed by atoms with E-state index in [2.05, 4.69) is 20.3 Å². The number of benzene rings is 1. The van der Waals surface area contributed by atoms with Gasteiger partial charge in [-0.2, -0.15) is 10.1 Å². The molecule has 1 aromatic carbocycles. The second kappa shape index (κ2) is 7.34. The minimum Gasteiger partial charge on any atom is -0.339 e. The van der Waals surface area contributed by atoms with E-state index in [1.807, 2.05) is 49.1 Å². The summed E-state index contributed by atoms with van der Waals surface area (Å²) in [6, 6.07) is 9.78. The summed E-state index contributed by atoms with van der Waals surface area (Å²) in [5.41, 5.74) is 2.29. The number of amides is 1. The molecular formula is C20H23N5O2. The van der Waals surface area contributed by atoms with Gasteiger partial charge in [-0.15, -0.1) is 0 Å². The van der Waals surface area contributed by atoms with Crippen LogP contribution in [0.4, 0.5) is 0 Å². The smallest absolute Gasteiger partial charge is 0.257 e. The molecule has 0 radical (unpaired) electrons. The lowest BCUT2D eigenvalue weighted by Crippen LogP contribution is -2.39. The highest BCUT2D eigenvalue weighted by Crippen LogP contribution is 2.29. The third kappa shape index (κ3) is 3.49. The second-order valence-electron chi connectivity index (χ2n) is 7.26. The number of piperidine rings is 1. The van der Waals surface area contributed by atoms with E-state index in [9.17, 15) is 4.79 Å². The van der Waals surface area contributed by atoms with Crippen LogP contribution < -0.4 is 0 Å². The van der Waals surface area contributed by atoms with E-state index >= 15 is 0 Å². The van der Waals surface area contributed by atoms with Gasteiger partial charge in [0.15, 0.2) is 5.82 Å². The molecule has 7 nitrogen and oxygen atoms in total. The van der Waals surface area contributed by atoms with Gasteiger partial charge in [-0.05, 0) is 12.8 Å². The molecule has 1 aliphatic rings. The van der Waals surface area contributed by atoms with Crippen molar-refractivity contribution in [2.24, 2.45) is 0 Å². The highest BCUT2D eigenvalue weighted by Gasteiger charge is 2.30. The van der Waals surface area contributed by atoms with Crippen molar-refractivity contribution in [3.05, 3.63) is 53.8 Å². The van der Waals surface area contributed by atoms with E-state index in [0.717, 1.165) is 36.5 Å². The molecule has 3 heterocycles. The van der Waals surface area contributed by atoms with Crippen LogP contribution in [0.15, 0.2) is 41.1 Å². The van der Waals surface area contributed by atoms with Gasteiger partial charge in [0.2, 0.25) is 5.89 Å². The third-order valence-corrected chi connectivity index (χ3v) is 4.96. The fourth-order valence-electron chi connectivity index (χ4n) is 3.45. The first-order chi connectivity index (χ1) is 13.1. The monoisotopic (exact) mass is 365 g/mol. The lowest BCUT2D eigenvalue weighted by atomic mass is 9.97. The Morgan fingerprint density at radius 3 is 2.85 bits per heavy atom. The Morgan fingerprint density at radius 1 is 1.30 bits per heavy atom. The summed E-state index contributed by atoms with van der Waals surface area (Å²) in [5.74, 6) is 1.63. The molecule has 0 bridgehead atoms. The molecule has 140 valence electrons. The number of rotatable bonds is 4. The molecule has 7 heteroatoms. The van der Waals surface area contributed by atoms with Crippen LogP contribution in [-0.2, 0) is 0 Å². The zero-order chi connectivity index (χ0) is 18.8. The van der Waals surface area contributed by atoms with Crippen LogP contribution in [0.3, 0.4) is 0 Å². The number of H-pyrrole nitrogens is 1. The predicted molar refractivity (Wildman–Crippen MR) is 100 cm³/mol. The fraction of sp³-hybridized carbons (Fsp3) is 0.400. The Kier molecular flexibility index (Phi) is 4.75. The van der Waals surface area contributed by atoms with Crippen molar-refractivity contribution >= 4 is 5.91 Å². The Balaban J connectivity index is 1.54. The standard InChI is InChI=1S/C20H23N5O2/c1-13(2)18-22-19(27-24-18)15-9-6-10-25(12-15)20(26)16-11-21-23-17(16)14-7-4-3-5-8-14/h3-5,7-8,11,13,15H,6,9-10,12H2,1-2H3,(H,21,23)/t15-/m0/s1. The predicted octanol–water partition coefficient (Wildman–Crippen LogP) is 3.60. The summed E-state index contributed by atoms with van der Waals surface area (Å²) in [6.07, 6.45) is 3.46. The van der Waals surface area contributed by atoms with Crippen LogP contribution in [0, 0.1) is 0 Å². The second-order valence-corrected chi connectivity index (χ2v) is 7.26. The van der Waals surface area contributed by atoms with Gasteiger partial charge in [0, 0.05) is 24.6 Å². The number of hydrogen-bond donors (Lipinski definition) is 1. The topological polar surface area (TPSA) is 87.9 Å². The number of carbonyl (C=O) groups excluding carboxylic acids is 1. The molecule has 1 atom stereocenters. The first-order valence-electron chi connectivity index (χ1n) is 9.35. The van der Waals surface area contributed by atoms with E-state index in [0.29, 0.717) is 18.0 Å². The van der Waals surface area contributed by atoms with Gasteiger partial charge >= 0.3 is 0 Å². The summed E-state index contributed by atoms with van der Waals surface area (Å²) in [7, 11) is 0. The van der Waals surface area contributed by atoms with Gasteiger partial charge < -0.3 is 9.42 Å². The molecule has 1 aliphatic heterocycles. The van der Waals surface area contributed by atoms with Gasteiger partial charge in [0.1, 0.15) is 0 Å². The maximum Gasteiger partial charge on any atom is 0.257 e. The van der Waals surface area contributed by atoms with Crippen molar-refractivity contribution in [3.63, 3.8) is 0 Å². The molecule has 0 saturated carbocycles. The summed E-state index contributed by atoms with van der Waals surface area (Å²) >= 11 is 0. The van der Waals surface area contributed by atoms with Crippen molar-refractivity contribution in [2.45, 2.75) is 38.5 Å². The molecule has 27 heavy (non-hydrogen) atoms. The first kappa shape index (κ1) is 17.5. The highest BCUT2D eigenvalue weighted by atomic mass is 16.5. The Hall–Kier alpha value is -2.96. The van der Waals surface area contributed by atoms with Gasteiger partial charge in [-0.25, -0.2) is 0 Å². The first-order valence-corrected chi connectivity index (χ1v) is 9.35. The number of likely N-dealkylation sites (tertiary alicyclic amines) is 1. The van der Waals surface area contributed by atoms with Gasteiger partial charge in [0.05, 0.1) is 23.4 Å². The van der Waals surface area contributed by atoms with Crippen molar-refractivity contribution in [1.29, 1.82) is 0 Å². The summed E-state index contributed by atoms with van der Waals surface area (Å²) < 4.78 is 5.46. The lowest BCUT2D eigenvalue weighted by Gasteiger charge is -2.31. The van der Waals surface area contributed by atoms with Crippen molar-refractivity contribution in [3.8, 4) is 11.3 Å². The molecule has 0 aliphatic carbocycles. The number of nitrogens with zero attached hydrogens (tertiary/aromatic N) is 4. The van der Waals surface area contributed by atoms with Crippen LogP contribution in [0.2, 0.25) is 0 Å². The van der Waals surface area contributed by atoms with Gasteiger partial charge in [0.25, 0.3) is 5.91 Å². The quantitative estimate of drug-likeness (QED) is 0.763. The number of nitrogens with one attached hydrogen (secondary N) is 1. The Bertz CT molecular complexity index is 915.